The highest BCUT2D eigenvalue weighted by Crippen LogP contribution is 2.58. The van der Waals surface area contributed by atoms with Crippen LogP contribution in [0.3, 0.4) is 0 Å². The van der Waals surface area contributed by atoms with Crippen LogP contribution in [0.2, 0.25) is 0 Å². The number of halogens is 12. The van der Waals surface area contributed by atoms with Gasteiger partial charge in [0.1, 0.15) is 32.8 Å². The van der Waals surface area contributed by atoms with E-state index in [2.05, 4.69) is 0 Å². The summed E-state index contributed by atoms with van der Waals surface area (Å²) in [5.41, 5.74) is -3.51. The van der Waals surface area contributed by atoms with E-state index in [1.807, 2.05) is 0 Å². The van der Waals surface area contributed by atoms with Crippen molar-refractivity contribution in [1.82, 2.24) is 0 Å². The zero-order valence-electron chi connectivity index (χ0n) is 33.1. The molecule has 0 amide bonds. The van der Waals surface area contributed by atoms with Crippen molar-refractivity contribution in [2.75, 3.05) is 11.5 Å². The number of hydrogen-bond acceptors (Lipinski definition) is 8. The Hall–Kier alpha value is -6.50. The molecule has 0 heterocycles. The molecule has 7 rings (SSSR count). The lowest BCUT2D eigenvalue weighted by Gasteiger charge is -2.38. The van der Waals surface area contributed by atoms with Crippen LogP contribution in [0.25, 0.3) is 11.1 Å². The first-order chi connectivity index (χ1) is 30.8. The first-order valence-electron chi connectivity index (χ1n) is 18.7. The van der Waals surface area contributed by atoms with Crippen LogP contribution < -0.4 is 20.9 Å². The van der Waals surface area contributed by atoms with E-state index in [-0.39, 0.29) is 40.0 Å². The molecule has 0 bridgehead atoms. The Balaban J connectivity index is 1.25. The molecule has 1 aliphatic rings. The van der Waals surface area contributed by atoms with Crippen LogP contribution in [0.15, 0.2) is 131 Å². The summed E-state index contributed by atoms with van der Waals surface area (Å²) >= 11 is 0. The summed E-state index contributed by atoms with van der Waals surface area (Å²) in [4.78, 5) is -2.04. The standard InChI is InChI=1S/C43H28F12N2O8S2/c44-40(45,46)38(41(47,48)49,24-1-9-28(56)10-2-24)26-5-13-30(14-6-26)64-34-18-22-17-23-19-35(37(67(61,62)63)21-33(23)32(22)20-36(34)66(58,59)60)65-31-15-7-27(8-16-31)39(42(50,51)52,43(53,54)55)25-3-11-29(57)12-4-25/h1-16,18-21H,17,56-57H2,(H,58,59,60)(H,61,62,63). The van der Waals surface area contributed by atoms with Gasteiger partial charge in [-0.1, -0.05) is 48.5 Å². The summed E-state index contributed by atoms with van der Waals surface area (Å²) in [6.45, 7) is 0. The second-order valence-electron chi connectivity index (χ2n) is 15.0. The molecule has 354 valence electrons. The topological polar surface area (TPSA) is 179 Å². The highest BCUT2D eigenvalue weighted by molar-refractivity contribution is 7.86. The van der Waals surface area contributed by atoms with Gasteiger partial charge < -0.3 is 20.9 Å². The van der Waals surface area contributed by atoms with Gasteiger partial charge in [-0.25, -0.2) is 0 Å². The summed E-state index contributed by atoms with van der Waals surface area (Å²) in [5.74, 6) is -2.47. The molecule has 6 N–H and O–H groups in total. The third-order valence-corrected chi connectivity index (χ3v) is 12.7. The number of nitrogens with two attached hydrogens (primary N) is 2. The molecule has 0 radical (unpaired) electrons. The molecular formula is C43H28F12N2O8S2. The van der Waals surface area contributed by atoms with Crippen molar-refractivity contribution in [2.24, 2.45) is 0 Å². The lowest BCUT2D eigenvalue weighted by Crippen LogP contribution is -2.54. The monoisotopic (exact) mass is 992 g/mol. The molecular weight excluding hydrogens is 965 g/mol. The van der Waals surface area contributed by atoms with Gasteiger partial charge in [0.05, 0.1) is 0 Å². The van der Waals surface area contributed by atoms with Crippen molar-refractivity contribution in [1.29, 1.82) is 0 Å². The van der Waals surface area contributed by atoms with Gasteiger partial charge in [-0.15, -0.1) is 0 Å². The molecule has 0 unspecified atom stereocenters. The minimum atomic E-state index is -5.97. The van der Waals surface area contributed by atoms with E-state index < -0.39 is 111 Å². The van der Waals surface area contributed by atoms with Crippen LogP contribution in [0.1, 0.15) is 33.4 Å². The van der Waals surface area contributed by atoms with Crippen molar-refractivity contribution in [2.45, 2.75) is 51.7 Å². The maximum Gasteiger partial charge on any atom is 0.411 e. The van der Waals surface area contributed by atoms with E-state index >= 15 is 0 Å². The first kappa shape index (κ1) is 48.4. The average Bonchev–Trinajstić information content (AvgIpc) is 3.54. The van der Waals surface area contributed by atoms with Crippen LogP contribution >= 0.6 is 0 Å². The number of alkyl halides is 12. The van der Waals surface area contributed by atoms with E-state index in [1.54, 1.807) is 0 Å². The molecule has 0 atom stereocenters. The van der Waals surface area contributed by atoms with Crippen LogP contribution in [0.4, 0.5) is 64.1 Å². The first-order valence-corrected chi connectivity index (χ1v) is 21.5. The predicted molar refractivity (Wildman–Crippen MR) is 215 cm³/mol. The van der Waals surface area contributed by atoms with Gasteiger partial charge in [-0.2, -0.15) is 69.5 Å². The zero-order chi connectivity index (χ0) is 49.5. The van der Waals surface area contributed by atoms with Crippen LogP contribution in [-0.2, 0) is 37.5 Å². The normalized spacial score (nSPS) is 13.8. The summed E-state index contributed by atoms with van der Waals surface area (Å²) in [5, 5.41) is 0. The third kappa shape index (κ3) is 8.35. The number of fused-ring (bicyclic) bond motifs is 3. The van der Waals surface area contributed by atoms with Crippen LogP contribution in [0.5, 0.6) is 23.0 Å². The van der Waals surface area contributed by atoms with Gasteiger partial charge >= 0.3 is 24.7 Å². The minimum Gasteiger partial charge on any atom is -0.456 e. The van der Waals surface area contributed by atoms with E-state index in [1.165, 1.54) is 0 Å². The number of rotatable bonds is 10. The highest BCUT2D eigenvalue weighted by Gasteiger charge is 2.73. The second kappa shape index (κ2) is 16.1. The summed E-state index contributed by atoms with van der Waals surface area (Å²) in [6.07, 6.45) is -24.1. The number of hydrogen-bond donors (Lipinski definition) is 4. The maximum absolute atomic E-state index is 14.6. The smallest absolute Gasteiger partial charge is 0.411 e. The summed E-state index contributed by atoms with van der Waals surface area (Å²) < 4.78 is 258. The van der Waals surface area contributed by atoms with Gasteiger partial charge in [0.15, 0.2) is 0 Å². The predicted octanol–water partition coefficient (Wildman–Crippen LogP) is 11.3. The number of anilines is 2. The van der Waals surface area contributed by atoms with Crippen molar-refractivity contribution in [3.05, 3.63) is 155 Å². The Morgan fingerprint density at radius 1 is 0.418 bits per heavy atom. The van der Waals surface area contributed by atoms with Crippen molar-refractivity contribution < 1.29 is 88.1 Å². The fourth-order valence-corrected chi connectivity index (χ4v) is 9.24. The maximum atomic E-state index is 14.6. The average molecular weight is 993 g/mol. The Morgan fingerprint density at radius 2 is 0.672 bits per heavy atom. The van der Waals surface area contributed by atoms with Gasteiger partial charge in [0, 0.05) is 11.4 Å². The minimum absolute atomic E-state index is 0.103. The van der Waals surface area contributed by atoms with Gasteiger partial charge in [0.25, 0.3) is 20.2 Å². The van der Waals surface area contributed by atoms with Crippen molar-refractivity contribution in [3.8, 4) is 34.1 Å². The molecule has 6 aromatic carbocycles. The molecule has 0 saturated heterocycles. The molecule has 0 spiro atoms. The van der Waals surface area contributed by atoms with Crippen LogP contribution in [0, 0.1) is 0 Å². The zero-order valence-corrected chi connectivity index (χ0v) is 34.7. The SMILES string of the molecule is Nc1ccc(C(c2ccc(Oc3cc4c(cc3S(=O)(=O)O)-c3cc(S(=O)(=O)O)c(Oc5ccc(C(c6ccc(N)cc6)(C(F)(F)F)C(F)(F)F)cc5)cc3C4)cc2)(C(F)(F)F)C(F)(F)F)cc1. The van der Waals surface area contributed by atoms with E-state index in [0.29, 0.717) is 72.8 Å². The molecule has 67 heavy (non-hydrogen) atoms. The Bertz CT molecular complexity index is 2860. The van der Waals surface area contributed by atoms with Crippen molar-refractivity contribution in [3.63, 3.8) is 0 Å². The molecule has 6 aromatic rings. The summed E-state index contributed by atoms with van der Waals surface area (Å²) in [6, 6.07) is 13.7. The van der Waals surface area contributed by atoms with Gasteiger partial charge in [0.2, 0.25) is 10.8 Å². The fourth-order valence-electron chi connectivity index (χ4n) is 8.00. The number of nitrogen functional groups attached to an aromatic ring is 2. The molecule has 1 aliphatic carbocycles. The van der Waals surface area contributed by atoms with Crippen LogP contribution in [-0.4, -0.2) is 50.6 Å². The number of ether oxygens (including phenoxy) is 2. The quantitative estimate of drug-likeness (QED) is 0.0585. The van der Waals surface area contributed by atoms with E-state index in [9.17, 15) is 78.6 Å². The lowest BCUT2D eigenvalue weighted by molar-refractivity contribution is -0.290. The molecule has 0 aliphatic heterocycles. The van der Waals surface area contributed by atoms with Gasteiger partial charge in [-0.3, -0.25) is 9.11 Å². The Kier molecular flexibility index (Phi) is 11.6. The fraction of sp³-hybridized carbons (Fsp3) is 0.163. The van der Waals surface area contributed by atoms with E-state index in [0.717, 1.165) is 48.5 Å². The van der Waals surface area contributed by atoms with Gasteiger partial charge in [-0.05, 0) is 124 Å². The lowest BCUT2D eigenvalue weighted by atomic mass is 9.73. The number of benzene rings is 6. The Morgan fingerprint density at radius 3 is 0.910 bits per heavy atom. The molecule has 10 nitrogen and oxygen atoms in total. The second-order valence-corrected chi connectivity index (χ2v) is 17.8. The highest BCUT2D eigenvalue weighted by atomic mass is 32.2. The molecule has 0 fully saturated rings. The largest absolute Gasteiger partial charge is 0.456 e. The van der Waals surface area contributed by atoms with E-state index in [4.69, 9.17) is 20.9 Å². The molecule has 0 aromatic heterocycles. The summed E-state index contributed by atoms with van der Waals surface area (Å²) in [7, 11) is -10.6. The Labute approximate surface area is 370 Å². The molecule has 24 heteroatoms. The van der Waals surface area contributed by atoms with Crippen molar-refractivity contribution >= 4 is 31.6 Å². The molecule has 0 saturated carbocycles. The third-order valence-electron chi connectivity index (χ3n) is 11.0.